The number of fused-ring (bicyclic) bond motifs is 1. The second-order valence-electron chi connectivity index (χ2n) is 8.18. The van der Waals surface area contributed by atoms with Gasteiger partial charge in [-0.2, -0.15) is 0 Å². The third-order valence-electron chi connectivity index (χ3n) is 5.92. The van der Waals surface area contributed by atoms with Crippen molar-refractivity contribution in [3.8, 4) is 11.1 Å². The van der Waals surface area contributed by atoms with Gasteiger partial charge in [-0.15, -0.1) is 11.3 Å². The maximum absolute atomic E-state index is 13.2. The van der Waals surface area contributed by atoms with Crippen LogP contribution in [0.2, 0.25) is 0 Å². The molecule has 1 amide bonds. The number of carbonyl (C=O) groups is 1. The Kier molecular flexibility index (Phi) is 7.14. The molecule has 1 aliphatic heterocycles. The first-order valence-corrected chi connectivity index (χ1v) is 12.0. The van der Waals surface area contributed by atoms with Crippen LogP contribution in [0.3, 0.4) is 0 Å². The van der Waals surface area contributed by atoms with Gasteiger partial charge in [0.15, 0.2) is 0 Å². The number of carbonyl (C=O) groups excluding carboxylic acids is 1. The van der Waals surface area contributed by atoms with E-state index in [9.17, 15) is 9.59 Å². The molecule has 1 fully saturated rings. The number of aromatic nitrogens is 2. The topological polar surface area (TPSA) is 67.2 Å². The van der Waals surface area contributed by atoms with Gasteiger partial charge in [-0.1, -0.05) is 30.3 Å². The predicted octanol–water partition coefficient (Wildman–Crippen LogP) is 3.82. The van der Waals surface area contributed by atoms with Crippen LogP contribution in [0.1, 0.15) is 37.0 Å². The van der Waals surface area contributed by atoms with Crippen molar-refractivity contribution in [2.75, 3.05) is 26.2 Å². The molecule has 1 aliphatic rings. The first kappa shape index (κ1) is 21.7. The van der Waals surface area contributed by atoms with Gasteiger partial charge in [-0.3, -0.25) is 14.2 Å². The van der Waals surface area contributed by atoms with Crippen LogP contribution in [0.25, 0.3) is 21.3 Å². The Hall–Kier alpha value is -2.51. The molecule has 0 atom stereocenters. The molecule has 31 heavy (non-hydrogen) atoms. The Morgan fingerprint density at radius 1 is 1.13 bits per heavy atom. The number of likely N-dealkylation sites (tertiary alicyclic amines) is 1. The van der Waals surface area contributed by atoms with E-state index in [1.165, 1.54) is 37.3 Å². The fraction of sp³-hybridized carbons (Fsp3) is 0.458. The molecular weight excluding hydrogens is 408 g/mol. The van der Waals surface area contributed by atoms with Gasteiger partial charge >= 0.3 is 0 Å². The molecule has 1 N–H and O–H groups in total. The van der Waals surface area contributed by atoms with Gasteiger partial charge in [0.25, 0.3) is 5.56 Å². The van der Waals surface area contributed by atoms with Crippen molar-refractivity contribution in [2.45, 2.75) is 45.6 Å². The molecule has 0 saturated carbocycles. The molecule has 0 aliphatic carbocycles. The Morgan fingerprint density at radius 2 is 1.90 bits per heavy atom. The lowest BCUT2D eigenvalue weighted by Gasteiger charge is -2.14. The van der Waals surface area contributed by atoms with E-state index in [0.29, 0.717) is 18.5 Å². The number of hydrogen-bond acceptors (Lipinski definition) is 5. The average Bonchev–Trinajstić information content (AvgIpc) is 3.41. The molecule has 0 radical (unpaired) electrons. The Labute approximate surface area is 186 Å². The van der Waals surface area contributed by atoms with Crippen LogP contribution in [-0.2, 0) is 11.3 Å². The zero-order chi connectivity index (χ0) is 21.6. The molecule has 1 saturated heterocycles. The van der Waals surface area contributed by atoms with Crippen LogP contribution in [0.15, 0.2) is 41.5 Å². The number of hydrogen-bond donors (Lipinski definition) is 1. The molecule has 7 heteroatoms. The largest absolute Gasteiger partial charge is 0.356 e. The summed E-state index contributed by atoms with van der Waals surface area (Å²) in [7, 11) is 0. The molecule has 3 heterocycles. The predicted molar refractivity (Wildman–Crippen MR) is 127 cm³/mol. The molecule has 164 valence electrons. The van der Waals surface area contributed by atoms with E-state index in [1.807, 2.05) is 37.3 Å². The smallest absolute Gasteiger partial charge is 0.262 e. The number of amides is 1. The molecule has 6 nitrogen and oxygen atoms in total. The van der Waals surface area contributed by atoms with Crippen LogP contribution in [-0.4, -0.2) is 46.5 Å². The van der Waals surface area contributed by atoms with E-state index in [-0.39, 0.29) is 17.9 Å². The number of unbranched alkanes of at least 4 members (excludes halogenated alkanes) is 1. The van der Waals surface area contributed by atoms with Gasteiger partial charge in [-0.25, -0.2) is 4.98 Å². The highest BCUT2D eigenvalue weighted by Crippen LogP contribution is 2.35. The Morgan fingerprint density at radius 3 is 2.68 bits per heavy atom. The molecule has 0 bridgehead atoms. The van der Waals surface area contributed by atoms with Gasteiger partial charge in [0, 0.05) is 30.0 Å². The summed E-state index contributed by atoms with van der Waals surface area (Å²) in [4.78, 5) is 34.2. The molecular formula is C24H30N4O2S. The average molecular weight is 439 g/mol. The molecule has 0 unspecified atom stereocenters. The van der Waals surface area contributed by atoms with Gasteiger partial charge in [0.05, 0.1) is 11.7 Å². The van der Waals surface area contributed by atoms with Gasteiger partial charge in [-0.05, 0) is 57.8 Å². The van der Waals surface area contributed by atoms with E-state index < -0.39 is 0 Å². The quantitative estimate of drug-likeness (QED) is 0.516. The normalized spacial score (nSPS) is 14.4. The summed E-state index contributed by atoms with van der Waals surface area (Å²) in [5.74, 6) is -0.0158. The van der Waals surface area contributed by atoms with Crippen LogP contribution < -0.4 is 10.9 Å². The van der Waals surface area contributed by atoms with Crippen molar-refractivity contribution in [1.82, 2.24) is 19.8 Å². The fourth-order valence-electron chi connectivity index (χ4n) is 4.25. The summed E-state index contributed by atoms with van der Waals surface area (Å²) in [6, 6.07) is 9.95. The summed E-state index contributed by atoms with van der Waals surface area (Å²) in [6.07, 6.45) is 6.58. The zero-order valence-corrected chi connectivity index (χ0v) is 18.9. The standard InChI is InChI=1S/C24H30N4O2S/c1-18-21(19-9-3-2-4-10-19)22-23(31-18)26-17-28(24(22)30)16-11-20(29)25-12-5-6-13-27-14-7-8-15-27/h2-4,9-10,17H,5-8,11-16H2,1H3,(H,25,29). The van der Waals surface area contributed by atoms with Gasteiger partial charge in [0.1, 0.15) is 4.83 Å². The molecule has 4 rings (SSSR count). The molecule has 1 aromatic carbocycles. The van der Waals surface area contributed by atoms with Crippen molar-refractivity contribution in [3.05, 3.63) is 51.9 Å². The highest BCUT2D eigenvalue weighted by molar-refractivity contribution is 7.19. The second-order valence-corrected chi connectivity index (χ2v) is 9.38. The first-order chi connectivity index (χ1) is 15.1. The number of nitrogens with one attached hydrogen (secondary N) is 1. The van der Waals surface area contributed by atoms with Crippen molar-refractivity contribution >= 4 is 27.5 Å². The SMILES string of the molecule is Cc1sc2ncn(CCC(=O)NCCCCN3CCCC3)c(=O)c2c1-c1ccccc1. The zero-order valence-electron chi connectivity index (χ0n) is 18.1. The summed E-state index contributed by atoms with van der Waals surface area (Å²) in [5, 5.41) is 3.64. The molecule has 3 aromatic rings. The van der Waals surface area contributed by atoms with Crippen molar-refractivity contribution in [1.29, 1.82) is 0 Å². The number of thiophene rings is 1. The van der Waals surface area contributed by atoms with Crippen LogP contribution >= 0.6 is 11.3 Å². The Bertz CT molecular complexity index is 1080. The summed E-state index contributed by atoms with van der Waals surface area (Å²) < 4.78 is 1.56. The highest BCUT2D eigenvalue weighted by Gasteiger charge is 2.17. The minimum absolute atomic E-state index is 0.0158. The minimum Gasteiger partial charge on any atom is -0.356 e. The number of benzene rings is 1. The van der Waals surface area contributed by atoms with Gasteiger partial charge < -0.3 is 10.2 Å². The van der Waals surface area contributed by atoms with E-state index in [4.69, 9.17) is 0 Å². The summed E-state index contributed by atoms with van der Waals surface area (Å²) >= 11 is 1.54. The van der Waals surface area contributed by atoms with E-state index in [0.717, 1.165) is 40.2 Å². The maximum atomic E-state index is 13.2. The van der Waals surface area contributed by atoms with E-state index in [2.05, 4.69) is 15.2 Å². The fourth-order valence-corrected chi connectivity index (χ4v) is 5.26. The lowest BCUT2D eigenvalue weighted by molar-refractivity contribution is -0.121. The van der Waals surface area contributed by atoms with E-state index in [1.54, 1.807) is 10.9 Å². The lowest BCUT2D eigenvalue weighted by Crippen LogP contribution is -2.29. The lowest BCUT2D eigenvalue weighted by atomic mass is 10.0. The second kappa shape index (κ2) is 10.2. The van der Waals surface area contributed by atoms with Gasteiger partial charge in [0.2, 0.25) is 5.91 Å². The number of rotatable bonds is 9. The Balaban J connectivity index is 1.35. The van der Waals surface area contributed by atoms with Crippen LogP contribution in [0.5, 0.6) is 0 Å². The summed E-state index contributed by atoms with van der Waals surface area (Å²) in [6.45, 7) is 6.62. The molecule has 0 spiro atoms. The number of aryl methyl sites for hydroxylation is 2. The minimum atomic E-state index is -0.0772. The number of nitrogens with zero attached hydrogens (tertiary/aromatic N) is 3. The third kappa shape index (κ3) is 5.22. The van der Waals surface area contributed by atoms with Crippen LogP contribution in [0.4, 0.5) is 0 Å². The van der Waals surface area contributed by atoms with Crippen molar-refractivity contribution < 1.29 is 4.79 Å². The van der Waals surface area contributed by atoms with E-state index >= 15 is 0 Å². The maximum Gasteiger partial charge on any atom is 0.262 e. The third-order valence-corrected chi connectivity index (χ3v) is 6.93. The molecule has 2 aromatic heterocycles. The van der Waals surface area contributed by atoms with Crippen LogP contribution in [0, 0.1) is 6.92 Å². The highest BCUT2D eigenvalue weighted by atomic mass is 32.1. The van der Waals surface area contributed by atoms with Crippen molar-refractivity contribution in [2.24, 2.45) is 0 Å². The monoisotopic (exact) mass is 438 g/mol. The van der Waals surface area contributed by atoms with Crippen molar-refractivity contribution in [3.63, 3.8) is 0 Å². The summed E-state index contributed by atoms with van der Waals surface area (Å²) in [5.41, 5.74) is 1.90. The first-order valence-electron chi connectivity index (χ1n) is 11.2.